The number of aryl methyl sites for hydroxylation is 1. The number of rotatable bonds is 2. The third-order valence-electron chi connectivity index (χ3n) is 5.16. The van der Waals surface area contributed by atoms with Gasteiger partial charge in [0.05, 0.1) is 11.1 Å². The molecule has 0 saturated carbocycles. The average molecular weight is 399 g/mol. The van der Waals surface area contributed by atoms with Crippen LogP contribution in [0.4, 0.5) is 0 Å². The van der Waals surface area contributed by atoms with E-state index in [0.717, 1.165) is 22.6 Å². The van der Waals surface area contributed by atoms with Crippen LogP contribution in [0.5, 0.6) is 0 Å². The number of amides is 1. The first-order chi connectivity index (χ1) is 14.0. The van der Waals surface area contributed by atoms with E-state index >= 15 is 0 Å². The lowest BCUT2D eigenvalue weighted by atomic mass is 10.1. The number of nitrogens with zero attached hydrogens (tertiary/aromatic N) is 4. The Morgan fingerprint density at radius 2 is 1.86 bits per heavy atom. The quantitative estimate of drug-likeness (QED) is 0.645. The zero-order valence-corrected chi connectivity index (χ0v) is 16.7. The molecule has 1 N–H and O–H groups in total. The summed E-state index contributed by atoms with van der Waals surface area (Å²) in [5.41, 5.74) is 5.83. The van der Waals surface area contributed by atoms with Crippen molar-refractivity contribution in [2.45, 2.75) is 13.8 Å². The molecule has 2 aromatic carbocycles. The molecule has 7 heteroatoms. The molecule has 3 aromatic rings. The molecule has 0 atom stereocenters. The molecule has 142 valence electrons. The number of nitrogens with one attached hydrogen (secondary N) is 1. The molecule has 1 amide bonds. The smallest absolute Gasteiger partial charge is 0.283 e. The Kier molecular flexibility index (Phi) is 3.99. The summed E-state index contributed by atoms with van der Waals surface area (Å²) in [6.45, 7) is 4.06. The fourth-order valence-corrected chi connectivity index (χ4v) is 4.35. The van der Waals surface area contributed by atoms with Crippen molar-refractivity contribution in [1.29, 1.82) is 5.41 Å². The molecule has 2 aliphatic heterocycles. The topological polar surface area (TPSA) is 73.8 Å². The minimum Gasteiger partial charge on any atom is -0.318 e. The van der Waals surface area contributed by atoms with Crippen molar-refractivity contribution in [3.63, 3.8) is 0 Å². The fraction of sp³-hybridized carbons (Fsp3) is 0.0909. The molecule has 6 nitrogen and oxygen atoms in total. The second-order valence-electron chi connectivity index (χ2n) is 6.95. The molecule has 2 aliphatic rings. The summed E-state index contributed by atoms with van der Waals surface area (Å²) in [7, 11) is 0. The Labute approximate surface area is 171 Å². The first kappa shape index (κ1) is 17.6. The van der Waals surface area contributed by atoms with Crippen LogP contribution in [-0.4, -0.2) is 32.0 Å². The Balaban J connectivity index is 1.59. The van der Waals surface area contributed by atoms with Crippen molar-refractivity contribution in [2.75, 3.05) is 0 Å². The highest BCUT2D eigenvalue weighted by Gasteiger charge is 2.32. The van der Waals surface area contributed by atoms with Crippen LogP contribution in [0.15, 0.2) is 64.2 Å². The predicted molar refractivity (Wildman–Crippen MR) is 119 cm³/mol. The molecule has 0 spiro atoms. The maximum Gasteiger partial charge on any atom is 0.283 e. The normalized spacial score (nSPS) is 17.4. The van der Waals surface area contributed by atoms with Gasteiger partial charge in [-0.15, -0.1) is 0 Å². The summed E-state index contributed by atoms with van der Waals surface area (Å²) in [6.07, 6.45) is 1.74. The number of hydrogen-bond acceptors (Lipinski definition) is 4. The van der Waals surface area contributed by atoms with E-state index in [9.17, 15) is 4.79 Å². The molecule has 5 rings (SSSR count). The summed E-state index contributed by atoms with van der Waals surface area (Å²) >= 11 is 1.24. The Morgan fingerprint density at radius 1 is 1.07 bits per heavy atom. The highest BCUT2D eigenvalue weighted by molar-refractivity contribution is 8.25. The van der Waals surface area contributed by atoms with Crippen LogP contribution in [0.3, 0.4) is 0 Å². The van der Waals surface area contributed by atoms with Crippen molar-refractivity contribution < 1.29 is 4.79 Å². The van der Waals surface area contributed by atoms with Crippen LogP contribution < -0.4 is 0 Å². The van der Waals surface area contributed by atoms with E-state index in [-0.39, 0.29) is 11.4 Å². The molecule has 0 fully saturated rings. The van der Waals surface area contributed by atoms with E-state index in [4.69, 9.17) is 5.41 Å². The summed E-state index contributed by atoms with van der Waals surface area (Å²) in [5.74, 6) is -0.355. The van der Waals surface area contributed by atoms with Crippen LogP contribution in [0.2, 0.25) is 0 Å². The van der Waals surface area contributed by atoms with Gasteiger partial charge in [0, 0.05) is 17.1 Å². The monoisotopic (exact) mass is 399 g/mol. The number of aromatic nitrogens is 1. The average Bonchev–Trinajstić information content (AvgIpc) is 3.29. The largest absolute Gasteiger partial charge is 0.318 e. The van der Waals surface area contributed by atoms with E-state index in [0.29, 0.717) is 5.17 Å². The van der Waals surface area contributed by atoms with Crippen molar-refractivity contribution in [3.05, 3.63) is 71.1 Å². The summed E-state index contributed by atoms with van der Waals surface area (Å²) in [4.78, 5) is 16.5. The number of amidine groups is 2. The Bertz CT molecular complexity index is 1300. The highest BCUT2D eigenvalue weighted by Crippen LogP contribution is 2.28. The standard InChI is InChI=1S/C22H17N5OS/c1-13-9-17(11-19-20(23)27-22(25-21(19)28)29-12-24-27)14(2)26(13)18-8-7-15-5-3-4-6-16(15)10-18/h3-12,23H,1-2H3/b19-11+,23-20?. The van der Waals surface area contributed by atoms with Gasteiger partial charge in [-0.1, -0.05) is 30.3 Å². The lowest BCUT2D eigenvalue weighted by Crippen LogP contribution is -2.35. The third-order valence-corrected chi connectivity index (χ3v) is 5.83. The minimum absolute atomic E-state index is 0.0526. The molecule has 1 aromatic heterocycles. The van der Waals surface area contributed by atoms with Crippen LogP contribution in [0.25, 0.3) is 22.5 Å². The summed E-state index contributed by atoms with van der Waals surface area (Å²) < 4.78 is 2.16. The van der Waals surface area contributed by atoms with Gasteiger partial charge < -0.3 is 4.57 Å². The zero-order valence-electron chi connectivity index (χ0n) is 15.9. The van der Waals surface area contributed by atoms with Gasteiger partial charge in [0.2, 0.25) is 0 Å². The molecular weight excluding hydrogens is 382 g/mol. The lowest BCUT2D eigenvalue weighted by Gasteiger charge is -2.20. The van der Waals surface area contributed by atoms with Crippen molar-refractivity contribution in [2.24, 2.45) is 10.1 Å². The van der Waals surface area contributed by atoms with Gasteiger partial charge in [-0.3, -0.25) is 10.2 Å². The second-order valence-corrected chi connectivity index (χ2v) is 7.76. The van der Waals surface area contributed by atoms with Crippen LogP contribution >= 0.6 is 11.8 Å². The molecule has 3 heterocycles. The number of benzene rings is 2. The van der Waals surface area contributed by atoms with Gasteiger partial charge in [0.1, 0.15) is 0 Å². The van der Waals surface area contributed by atoms with E-state index in [1.54, 1.807) is 11.6 Å². The SMILES string of the molecule is Cc1cc(/C=C2\C(=N)N3N=CSC3=NC2=O)c(C)n1-c1ccc2ccccc2c1. The van der Waals surface area contributed by atoms with Gasteiger partial charge in [-0.25, -0.2) is 0 Å². The summed E-state index contributed by atoms with van der Waals surface area (Å²) in [5, 5.41) is 16.7. The maximum absolute atomic E-state index is 12.5. The molecule has 0 saturated heterocycles. The highest BCUT2D eigenvalue weighted by atomic mass is 32.2. The van der Waals surface area contributed by atoms with Crippen molar-refractivity contribution >= 4 is 51.1 Å². The Morgan fingerprint density at radius 3 is 2.69 bits per heavy atom. The first-order valence-corrected chi connectivity index (χ1v) is 10.0. The predicted octanol–water partition coefficient (Wildman–Crippen LogP) is 4.50. The zero-order chi connectivity index (χ0) is 20.1. The van der Waals surface area contributed by atoms with Crippen LogP contribution in [0.1, 0.15) is 17.0 Å². The van der Waals surface area contributed by atoms with E-state index in [1.807, 2.05) is 32.0 Å². The number of carbonyl (C=O) groups excluding carboxylic acids is 1. The van der Waals surface area contributed by atoms with E-state index in [2.05, 4.69) is 45.0 Å². The van der Waals surface area contributed by atoms with Gasteiger partial charge >= 0.3 is 0 Å². The van der Waals surface area contributed by atoms with Gasteiger partial charge in [-0.2, -0.15) is 15.1 Å². The minimum atomic E-state index is -0.408. The van der Waals surface area contributed by atoms with E-state index in [1.165, 1.54) is 27.5 Å². The number of aliphatic imine (C=N–C) groups is 1. The van der Waals surface area contributed by atoms with Crippen LogP contribution in [-0.2, 0) is 4.79 Å². The second kappa shape index (κ2) is 6.56. The van der Waals surface area contributed by atoms with Crippen molar-refractivity contribution in [3.8, 4) is 5.69 Å². The number of fused-ring (bicyclic) bond motifs is 2. The van der Waals surface area contributed by atoms with Gasteiger partial charge in [0.15, 0.2) is 11.0 Å². The van der Waals surface area contributed by atoms with Gasteiger partial charge in [-0.05, 0) is 66.2 Å². The number of hydrogen-bond donors (Lipinski definition) is 1. The maximum atomic E-state index is 12.5. The molecule has 0 aliphatic carbocycles. The van der Waals surface area contributed by atoms with Crippen LogP contribution in [0, 0.1) is 19.3 Å². The molecule has 0 bridgehead atoms. The summed E-state index contributed by atoms with van der Waals surface area (Å²) in [6, 6.07) is 16.7. The van der Waals surface area contributed by atoms with Crippen molar-refractivity contribution in [1.82, 2.24) is 9.58 Å². The third kappa shape index (κ3) is 2.82. The lowest BCUT2D eigenvalue weighted by molar-refractivity contribution is -0.114. The number of thioether (sulfide) groups is 1. The fourth-order valence-electron chi connectivity index (χ4n) is 3.74. The molecule has 0 radical (unpaired) electrons. The van der Waals surface area contributed by atoms with Gasteiger partial charge in [0.25, 0.3) is 5.91 Å². The Hall–Kier alpha value is -3.45. The molecule has 29 heavy (non-hydrogen) atoms. The van der Waals surface area contributed by atoms with E-state index < -0.39 is 5.91 Å². The molecule has 0 unspecified atom stereocenters. The number of hydrazone groups is 1. The first-order valence-electron chi connectivity index (χ1n) is 9.14. The molecular formula is C22H17N5OS. The number of carbonyl (C=O) groups is 1.